The van der Waals surface area contributed by atoms with Crippen LogP contribution in [0.4, 0.5) is 0 Å². The van der Waals surface area contributed by atoms with Gasteiger partial charge in [0, 0.05) is 18.9 Å². The molecule has 0 saturated heterocycles. The SMILES string of the molecule is c1ccc(Cc2nnc(CNCc3cccnc3)o2)cc1. The van der Waals surface area contributed by atoms with Crippen molar-refractivity contribution >= 4 is 0 Å². The summed E-state index contributed by atoms with van der Waals surface area (Å²) in [7, 11) is 0. The average molecular weight is 280 g/mol. The second-order valence-corrected chi connectivity index (χ2v) is 4.72. The van der Waals surface area contributed by atoms with E-state index in [0.717, 1.165) is 17.7 Å². The monoisotopic (exact) mass is 280 g/mol. The molecule has 5 nitrogen and oxygen atoms in total. The minimum Gasteiger partial charge on any atom is -0.424 e. The fraction of sp³-hybridized carbons (Fsp3) is 0.188. The number of nitrogens with one attached hydrogen (secondary N) is 1. The molecule has 0 saturated carbocycles. The summed E-state index contributed by atoms with van der Waals surface area (Å²) < 4.78 is 5.63. The van der Waals surface area contributed by atoms with Crippen molar-refractivity contribution in [2.24, 2.45) is 0 Å². The Morgan fingerprint density at radius 2 is 1.67 bits per heavy atom. The predicted molar refractivity (Wildman–Crippen MR) is 78.3 cm³/mol. The molecule has 0 radical (unpaired) electrons. The topological polar surface area (TPSA) is 63.8 Å². The first kappa shape index (κ1) is 13.5. The molecule has 0 aliphatic rings. The van der Waals surface area contributed by atoms with Crippen LogP contribution in [0.3, 0.4) is 0 Å². The molecule has 0 amide bonds. The Labute approximate surface area is 123 Å². The molecule has 0 aliphatic heterocycles. The van der Waals surface area contributed by atoms with Gasteiger partial charge in [0.15, 0.2) is 0 Å². The number of nitrogens with zero attached hydrogens (tertiary/aromatic N) is 3. The molecule has 2 aromatic heterocycles. The van der Waals surface area contributed by atoms with Crippen LogP contribution in [0, 0.1) is 0 Å². The largest absolute Gasteiger partial charge is 0.424 e. The second kappa shape index (κ2) is 6.76. The van der Waals surface area contributed by atoms with E-state index in [1.54, 1.807) is 6.20 Å². The molecule has 0 aliphatic carbocycles. The number of aromatic nitrogens is 3. The lowest BCUT2D eigenvalue weighted by molar-refractivity contribution is 0.438. The molecule has 106 valence electrons. The fourth-order valence-electron chi connectivity index (χ4n) is 2.02. The quantitative estimate of drug-likeness (QED) is 0.751. The Bertz CT molecular complexity index is 667. The summed E-state index contributed by atoms with van der Waals surface area (Å²) in [6, 6.07) is 14.0. The molecule has 5 heteroatoms. The van der Waals surface area contributed by atoms with Crippen LogP contribution in [-0.4, -0.2) is 15.2 Å². The maximum absolute atomic E-state index is 5.63. The van der Waals surface area contributed by atoms with Crippen molar-refractivity contribution in [1.29, 1.82) is 0 Å². The fourth-order valence-corrected chi connectivity index (χ4v) is 2.02. The van der Waals surface area contributed by atoms with Crippen LogP contribution in [0.25, 0.3) is 0 Å². The smallest absolute Gasteiger partial charge is 0.230 e. The highest BCUT2D eigenvalue weighted by Gasteiger charge is 2.06. The zero-order valence-corrected chi connectivity index (χ0v) is 11.6. The van der Waals surface area contributed by atoms with Gasteiger partial charge < -0.3 is 9.73 Å². The van der Waals surface area contributed by atoms with Crippen molar-refractivity contribution in [3.8, 4) is 0 Å². The minimum atomic E-state index is 0.552. The maximum atomic E-state index is 5.63. The lowest BCUT2D eigenvalue weighted by Gasteiger charge is -2.00. The summed E-state index contributed by atoms with van der Waals surface area (Å²) in [6.45, 7) is 1.28. The summed E-state index contributed by atoms with van der Waals surface area (Å²) in [5, 5.41) is 11.4. The summed E-state index contributed by atoms with van der Waals surface area (Å²) in [5.74, 6) is 1.24. The van der Waals surface area contributed by atoms with E-state index in [4.69, 9.17) is 4.42 Å². The highest BCUT2D eigenvalue weighted by molar-refractivity contribution is 5.17. The van der Waals surface area contributed by atoms with Gasteiger partial charge in [-0.05, 0) is 17.2 Å². The van der Waals surface area contributed by atoms with E-state index in [1.165, 1.54) is 0 Å². The van der Waals surface area contributed by atoms with Crippen LogP contribution in [0.15, 0.2) is 59.3 Å². The molecule has 0 atom stereocenters. The van der Waals surface area contributed by atoms with E-state index in [9.17, 15) is 0 Å². The van der Waals surface area contributed by atoms with Gasteiger partial charge in [0.05, 0.1) is 13.0 Å². The number of rotatable bonds is 6. The van der Waals surface area contributed by atoms with Gasteiger partial charge in [-0.1, -0.05) is 36.4 Å². The van der Waals surface area contributed by atoms with Gasteiger partial charge in [0.2, 0.25) is 11.8 Å². The van der Waals surface area contributed by atoms with Gasteiger partial charge in [0.25, 0.3) is 0 Å². The molecule has 0 unspecified atom stereocenters. The molecular formula is C16H16N4O. The lowest BCUT2D eigenvalue weighted by atomic mass is 10.2. The average Bonchev–Trinajstić information content (AvgIpc) is 2.97. The first-order valence-corrected chi connectivity index (χ1v) is 6.85. The first-order valence-electron chi connectivity index (χ1n) is 6.85. The summed E-state index contributed by atoms with van der Waals surface area (Å²) in [4.78, 5) is 4.07. The molecule has 3 rings (SSSR count). The summed E-state index contributed by atoms with van der Waals surface area (Å²) >= 11 is 0. The summed E-state index contributed by atoms with van der Waals surface area (Å²) in [6.07, 6.45) is 4.26. The zero-order valence-electron chi connectivity index (χ0n) is 11.6. The Hall–Kier alpha value is -2.53. The van der Waals surface area contributed by atoms with Crippen molar-refractivity contribution in [2.75, 3.05) is 0 Å². The van der Waals surface area contributed by atoms with Crippen LogP contribution in [0.1, 0.15) is 22.9 Å². The van der Waals surface area contributed by atoms with Gasteiger partial charge in [-0.15, -0.1) is 10.2 Å². The third-order valence-electron chi connectivity index (χ3n) is 3.04. The van der Waals surface area contributed by atoms with E-state index in [-0.39, 0.29) is 0 Å². The van der Waals surface area contributed by atoms with Crippen molar-refractivity contribution in [2.45, 2.75) is 19.5 Å². The Morgan fingerprint density at radius 3 is 2.48 bits per heavy atom. The van der Waals surface area contributed by atoms with Crippen molar-refractivity contribution < 1.29 is 4.42 Å². The number of hydrogen-bond donors (Lipinski definition) is 1. The Kier molecular flexibility index (Phi) is 4.33. The predicted octanol–water partition coefficient (Wildman–Crippen LogP) is 2.35. The van der Waals surface area contributed by atoms with Crippen LogP contribution in [-0.2, 0) is 19.5 Å². The van der Waals surface area contributed by atoms with Gasteiger partial charge in [-0.25, -0.2) is 0 Å². The maximum Gasteiger partial charge on any atom is 0.230 e. The molecular weight excluding hydrogens is 264 g/mol. The molecule has 2 heterocycles. The first-order chi connectivity index (χ1) is 10.4. The normalized spacial score (nSPS) is 10.7. The van der Waals surface area contributed by atoms with Crippen molar-refractivity contribution in [1.82, 2.24) is 20.5 Å². The van der Waals surface area contributed by atoms with Crippen LogP contribution < -0.4 is 5.32 Å². The minimum absolute atomic E-state index is 0.552. The highest BCUT2D eigenvalue weighted by atomic mass is 16.4. The van der Waals surface area contributed by atoms with E-state index in [0.29, 0.717) is 24.7 Å². The Morgan fingerprint density at radius 1 is 0.857 bits per heavy atom. The van der Waals surface area contributed by atoms with Crippen molar-refractivity contribution in [3.05, 3.63) is 77.8 Å². The van der Waals surface area contributed by atoms with E-state index in [2.05, 4.69) is 20.5 Å². The van der Waals surface area contributed by atoms with E-state index < -0.39 is 0 Å². The molecule has 0 bridgehead atoms. The lowest BCUT2D eigenvalue weighted by Crippen LogP contribution is -2.12. The summed E-state index contributed by atoms with van der Waals surface area (Å²) in [5.41, 5.74) is 2.29. The number of benzene rings is 1. The molecule has 3 aromatic rings. The van der Waals surface area contributed by atoms with Gasteiger partial charge in [0.1, 0.15) is 0 Å². The molecule has 0 spiro atoms. The second-order valence-electron chi connectivity index (χ2n) is 4.72. The van der Waals surface area contributed by atoms with Crippen LogP contribution in [0.5, 0.6) is 0 Å². The van der Waals surface area contributed by atoms with Crippen molar-refractivity contribution in [3.63, 3.8) is 0 Å². The molecule has 21 heavy (non-hydrogen) atoms. The number of pyridine rings is 1. The molecule has 0 fully saturated rings. The zero-order chi connectivity index (χ0) is 14.3. The van der Waals surface area contributed by atoms with Gasteiger partial charge in [-0.2, -0.15) is 0 Å². The van der Waals surface area contributed by atoms with Gasteiger partial charge >= 0.3 is 0 Å². The Balaban J connectivity index is 1.51. The van der Waals surface area contributed by atoms with Crippen LogP contribution >= 0.6 is 0 Å². The number of hydrogen-bond acceptors (Lipinski definition) is 5. The molecule has 1 aromatic carbocycles. The molecule has 1 N–H and O–H groups in total. The van der Waals surface area contributed by atoms with Crippen LogP contribution in [0.2, 0.25) is 0 Å². The third-order valence-corrected chi connectivity index (χ3v) is 3.04. The standard InChI is InChI=1S/C16H16N4O/c1-2-5-13(6-3-1)9-15-19-20-16(21-15)12-18-11-14-7-4-8-17-10-14/h1-8,10,18H,9,11-12H2. The third kappa shape index (κ3) is 3.97. The highest BCUT2D eigenvalue weighted by Crippen LogP contribution is 2.08. The van der Waals surface area contributed by atoms with Gasteiger partial charge in [-0.3, -0.25) is 4.98 Å². The van der Waals surface area contributed by atoms with E-state index >= 15 is 0 Å². The van der Waals surface area contributed by atoms with E-state index in [1.807, 2.05) is 48.7 Å².